The number of rotatable bonds is 9. The van der Waals surface area contributed by atoms with Crippen LogP contribution in [0.3, 0.4) is 0 Å². The summed E-state index contributed by atoms with van der Waals surface area (Å²) in [5, 5.41) is 0. The molecule has 0 fully saturated rings. The molecule has 15 heavy (non-hydrogen) atoms. The number of ether oxygens (including phenoxy) is 2. The van der Waals surface area contributed by atoms with Gasteiger partial charge in [-0.3, -0.25) is 0 Å². The standard InChI is InChI=1S/C10H22O4Si/c1-6-10(14-9-8-13-7-2)15(5,11-3)12-4/h7,10H,2,6,8-9H2,1,3-5H3. The van der Waals surface area contributed by atoms with Crippen molar-refractivity contribution < 1.29 is 18.3 Å². The smallest absolute Gasteiger partial charge is 0.364 e. The van der Waals surface area contributed by atoms with Crippen LogP contribution in [0.2, 0.25) is 6.55 Å². The van der Waals surface area contributed by atoms with E-state index in [1.54, 1.807) is 14.2 Å². The van der Waals surface area contributed by atoms with Gasteiger partial charge in [0, 0.05) is 14.2 Å². The van der Waals surface area contributed by atoms with Crippen LogP contribution in [0.5, 0.6) is 0 Å². The monoisotopic (exact) mass is 234 g/mol. The van der Waals surface area contributed by atoms with E-state index >= 15 is 0 Å². The lowest BCUT2D eigenvalue weighted by molar-refractivity contribution is 0.0325. The van der Waals surface area contributed by atoms with Crippen molar-refractivity contribution in [3.8, 4) is 0 Å². The maximum atomic E-state index is 5.68. The lowest BCUT2D eigenvalue weighted by atomic mass is 10.5. The predicted octanol–water partition coefficient (Wildman–Crippen LogP) is 1.85. The Morgan fingerprint density at radius 1 is 1.27 bits per heavy atom. The third-order valence-corrected chi connectivity index (χ3v) is 5.77. The second kappa shape index (κ2) is 7.87. The van der Waals surface area contributed by atoms with Gasteiger partial charge in [0.1, 0.15) is 12.3 Å². The first-order chi connectivity index (χ1) is 7.14. The average Bonchev–Trinajstić information content (AvgIpc) is 2.28. The predicted molar refractivity (Wildman–Crippen MR) is 61.8 cm³/mol. The Morgan fingerprint density at radius 3 is 2.27 bits per heavy atom. The molecule has 0 rings (SSSR count). The third kappa shape index (κ3) is 4.79. The van der Waals surface area contributed by atoms with Gasteiger partial charge in [0.05, 0.1) is 12.9 Å². The van der Waals surface area contributed by atoms with E-state index in [1.807, 2.05) is 6.55 Å². The highest BCUT2D eigenvalue weighted by atomic mass is 28.4. The summed E-state index contributed by atoms with van der Waals surface area (Å²) in [5.41, 5.74) is 0.0286. The molecule has 0 saturated carbocycles. The summed E-state index contributed by atoms with van der Waals surface area (Å²) in [5.74, 6) is 0. The zero-order chi connectivity index (χ0) is 11.7. The van der Waals surface area contributed by atoms with Crippen molar-refractivity contribution in [1.29, 1.82) is 0 Å². The summed E-state index contributed by atoms with van der Waals surface area (Å²) in [4.78, 5) is 0. The number of hydrogen-bond donors (Lipinski definition) is 0. The molecule has 1 atom stereocenters. The molecular weight excluding hydrogens is 212 g/mol. The van der Waals surface area contributed by atoms with Crippen molar-refractivity contribution in [1.82, 2.24) is 0 Å². The van der Waals surface area contributed by atoms with Crippen molar-refractivity contribution in [2.45, 2.75) is 25.6 Å². The Morgan fingerprint density at radius 2 is 1.87 bits per heavy atom. The molecule has 0 aromatic heterocycles. The molecule has 4 nitrogen and oxygen atoms in total. The molecule has 0 aliphatic carbocycles. The van der Waals surface area contributed by atoms with E-state index in [-0.39, 0.29) is 5.73 Å². The first-order valence-corrected chi connectivity index (χ1v) is 7.48. The minimum absolute atomic E-state index is 0.0286. The fourth-order valence-corrected chi connectivity index (χ4v) is 3.16. The van der Waals surface area contributed by atoms with E-state index in [4.69, 9.17) is 18.3 Å². The molecule has 0 amide bonds. The van der Waals surface area contributed by atoms with Crippen LogP contribution in [0.15, 0.2) is 12.8 Å². The summed E-state index contributed by atoms with van der Waals surface area (Å²) in [6.07, 6.45) is 2.28. The Balaban J connectivity index is 4.04. The molecule has 5 heteroatoms. The van der Waals surface area contributed by atoms with Gasteiger partial charge in [-0.15, -0.1) is 0 Å². The van der Waals surface area contributed by atoms with Crippen molar-refractivity contribution in [2.24, 2.45) is 0 Å². The van der Waals surface area contributed by atoms with Gasteiger partial charge in [0.15, 0.2) is 0 Å². The van der Waals surface area contributed by atoms with Crippen molar-refractivity contribution >= 4 is 8.56 Å². The molecule has 0 radical (unpaired) electrons. The van der Waals surface area contributed by atoms with Crippen molar-refractivity contribution in [3.05, 3.63) is 12.8 Å². The molecule has 0 saturated heterocycles. The first kappa shape index (κ1) is 14.6. The van der Waals surface area contributed by atoms with Crippen molar-refractivity contribution in [3.63, 3.8) is 0 Å². The van der Waals surface area contributed by atoms with Crippen LogP contribution in [0.25, 0.3) is 0 Å². The molecule has 0 aliphatic rings. The maximum absolute atomic E-state index is 5.68. The minimum atomic E-state index is -2.19. The molecule has 1 unspecified atom stereocenters. The number of hydrogen-bond acceptors (Lipinski definition) is 4. The molecule has 0 spiro atoms. The van der Waals surface area contributed by atoms with E-state index < -0.39 is 8.56 Å². The van der Waals surface area contributed by atoms with Crippen LogP contribution in [0, 0.1) is 0 Å². The van der Waals surface area contributed by atoms with Crippen LogP contribution < -0.4 is 0 Å². The Kier molecular flexibility index (Phi) is 7.68. The molecule has 0 bridgehead atoms. The van der Waals surface area contributed by atoms with E-state index in [9.17, 15) is 0 Å². The van der Waals surface area contributed by atoms with Crippen LogP contribution in [0.1, 0.15) is 13.3 Å². The highest BCUT2D eigenvalue weighted by molar-refractivity contribution is 6.67. The van der Waals surface area contributed by atoms with Gasteiger partial charge in [-0.1, -0.05) is 13.5 Å². The van der Waals surface area contributed by atoms with Gasteiger partial charge >= 0.3 is 8.56 Å². The normalized spacial score (nSPS) is 13.6. The molecule has 0 aromatic rings. The fraction of sp³-hybridized carbons (Fsp3) is 0.800. The lowest BCUT2D eigenvalue weighted by Crippen LogP contribution is -2.50. The SMILES string of the molecule is C=COCCOC(CC)[Si](C)(OC)OC. The van der Waals surface area contributed by atoms with Crippen LogP contribution in [0.4, 0.5) is 0 Å². The molecule has 0 heterocycles. The maximum Gasteiger partial charge on any atom is 0.364 e. The van der Waals surface area contributed by atoms with Crippen LogP contribution in [-0.2, 0) is 18.3 Å². The van der Waals surface area contributed by atoms with Crippen LogP contribution in [-0.4, -0.2) is 41.7 Å². The highest BCUT2D eigenvalue weighted by Gasteiger charge is 2.39. The summed E-state index contributed by atoms with van der Waals surface area (Å²) >= 11 is 0. The molecule has 0 aromatic carbocycles. The zero-order valence-corrected chi connectivity index (χ0v) is 11.1. The first-order valence-electron chi connectivity index (χ1n) is 5.09. The van der Waals surface area contributed by atoms with E-state index in [1.165, 1.54) is 6.26 Å². The molecular formula is C10H22O4Si. The molecule has 0 N–H and O–H groups in total. The fourth-order valence-electron chi connectivity index (χ4n) is 1.31. The van der Waals surface area contributed by atoms with Crippen molar-refractivity contribution in [2.75, 3.05) is 27.4 Å². The zero-order valence-electron chi connectivity index (χ0n) is 10.1. The van der Waals surface area contributed by atoms with E-state index in [0.717, 1.165) is 6.42 Å². The molecule has 0 aliphatic heterocycles. The Hall–Kier alpha value is -0.363. The van der Waals surface area contributed by atoms with E-state index in [0.29, 0.717) is 13.2 Å². The van der Waals surface area contributed by atoms with Crippen LogP contribution >= 0.6 is 0 Å². The van der Waals surface area contributed by atoms with Gasteiger partial charge < -0.3 is 18.3 Å². The quantitative estimate of drug-likeness (QED) is 0.346. The lowest BCUT2D eigenvalue weighted by Gasteiger charge is -2.30. The van der Waals surface area contributed by atoms with Gasteiger partial charge in [-0.25, -0.2) is 0 Å². The largest absolute Gasteiger partial charge is 0.499 e. The summed E-state index contributed by atoms with van der Waals surface area (Å²) < 4.78 is 21.5. The highest BCUT2D eigenvalue weighted by Crippen LogP contribution is 2.16. The topological polar surface area (TPSA) is 36.9 Å². The van der Waals surface area contributed by atoms with Gasteiger partial charge in [-0.05, 0) is 13.0 Å². The summed E-state index contributed by atoms with van der Waals surface area (Å²) in [6.45, 7) is 8.55. The summed E-state index contributed by atoms with van der Waals surface area (Å²) in [7, 11) is 1.15. The van der Waals surface area contributed by atoms with Gasteiger partial charge in [0.2, 0.25) is 0 Å². The Bertz CT molecular complexity index is 171. The average molecular weight is 234 g/mol. The molecule has 90 valence electrons. The summed E-state index contributed by atoms with van der Waals surface area (Å²) in [6, 6.07) is 0. The minimum Gasteiger partial charge on any atom is -0.499 e. The second-order valence-corrected chi connectivity index (χ2v) is 6.72. The van der Waals surface area contributed by atoms with E-state index in [2.05, 4.69) is 13.5 Å². The Labute approximate surface area is 93.4 Å². The second-order valence-electron chi connectivity index (χ2n) is 3.23. The van der Waals surface area contributed by atoms with Gasteiger partial charge in [-0.2, -0.15) is 0 Å². The third-order valence-electron chi connectivity index (χ3n) is 2.40. The van der Waals surface area contributed by atoms with Gasteiger partial charge in [0.25, 0.3) is 0 Å².